The number of halogens is 4. The van der Waals surface area contributed by atoms with Gasteiger partial charge in [-0.25, -0.2) is 0 Å². The van der Waals surface area contributed by atoms with E-state index >= 15 is 0 Å². The molecule has 0 aliphatic rings. The van der Waals surface area contributed by atoms with Crippen LogP contribution < -0.4 is 0 Å². The van der Waals surface area contributed by atoms with Crippen LogP contribution in [0.15, 0.2) is 24.5 Å². The van der Waals surface area contributed by atoms with Crippen LogP contribution in [0.4, 0.5) is 0 Å². The van der Waals surface area contributed by atoms with Gasteiger partial charge in [0.1, 0.15) is 0 Å². The highest BCUT2D eigenvalue weighted by atomic mass is 35.5. The third-order valence-electron chi connectivity index (χ3n) is 2.57. The first-order valence-electron chi connectivity index (χ1n) is 5.19. The maximum atomic E-state index is 8.89. The van der Waals surface area contributed by atoms with Crippen molar-refractivity contribution in [3.63, 3.8) is 0 Å². The van der Waals surface area contributed by atoms with Gasteiger partial charge >= 0.3 is 0 Å². The molecule has 0 aliphatic carbocycles. The van der Waals surface area contributed by atoms with Gasteiger partial charge in [0.05, 0.1) is 32.6 Å². The van der Waals surface area contributed by atoms with Crippen LogP contribution in [0, 0.1) is 11.3 Å². The standard InChI is InChI=1S/C13H6Cl4N2/c14-9-1-2-10(15)13(17)12(9)8-5-19-6-11(16)7(8)3-4-18/h1-2,5-6H,3H2. The predicted molar refractivity (Wildman–Crippen MR) is 79.0 cm³/mol. The van der Waals surface area contributed by atoms with Crippen molar-refractivity contribution in [2.45, 2.75) is 6.42 Å². The molecule has 0 saturated heterocycles. The van der Waals surface area contributed by atoms with Gasteiger partial charge in [0.15, 0.2) is 0 Å². The Balaban J connectivity index is 2.77. The Morgan fingerprint density at radius 3 is 2.37 bits per heavy atom. The first kappa shape index (κ1) is 14.4. The Labute approximate surface area is 130 Å². The van der Waals surface area contributed by atoms with Crippen LogP contribution in [-0.4, -0.2) is 4.98 Å². The van der Waals surface area contributed by atoms with E-state index in [4.69, 9.17) is 51.7 Å². The van der Waals surface area contributed by atoms with E-state index in [-0.39, 0.29) is 6.42 Å². The van der Waals surface area contributed by atoms with Crippen molar-refractivity contribution < 1.29 is 0 Å². The second-order valence-electron chi connectivity index (χ2n) is 3.70. The fourth-order valence-electron chi connectivity index (χ4n) is 1.71. The monoisotopic (exact) mass is 330 g/mol. The summed E-state index contributed by atoms with van der Waals surface area (Å²) >= 11 is 24.4. The van der Waals surface area contributed by atoms with Gasteiger partial charge in [-0.1, -0.05) is 46.4 Å². The zero-order valence-corrected chi connectivity index (χ0v) is 12.4. The van der Waals surface area contributed by atoms with Crippen LogP contribution >= 0.6 is 46.4 Å². The van der Waals surface area contributed by atoms with E-state index in [0.29, 0.717) is 36.8 Å². The van der Waals surface area contributed by atoms with E-state index in [2.05, 4.69) is 11.1 Å². The molecule has 2 rings (SSSR count). The molecule has 0 saturated carbocycles. The summed E-state index contributed by atoms with van der Waals surface area (Å²) in [5, 5.41) is 10.4. The smallest absolute Gasteiger partial charge is 0.0686 e. The van der Waals surface area contributed by atoms with Gasteiger partial charge in [-0.3, -0.25) is 4.98 Å². The first-order valence-corrected chi connectivity index (χ1v) is 6.70. The molecule has 2 aromatic rings. The van der Waals surface area contributed by atoms with Crippen molar-refractivity contribution in [3.05, 3.63) is 50.2 Å². The largest absolute Gasteiger partial charge is 0.263 e. The summed E-state index contributed by atoms with van der Waals surface area (Å²) < 4.78 is 0. The molecule has 1 aromatic carbocycles. The molecule has 0 N–H and O–H groups in total. The van der Waals surface area contributed by atoms with Crippen LogP contribution in [-0.2, 0) is 6.42 Å². The molecule has 19 heavy (non-hydrogen) atoms. The summed E-state index contributed by atoms with van der Waals surface area (Å²) in [5.74, 6) is 0. The highest BCUT2D eigenvalue weighted by Crippen LogP contribution is 2.41. The van der Waals surface area contributed by atoms with E-state index in [1.54, 1.807) is 18.3 Å². The topological polar surface area (TPSA) is 36.7 Å². The fraction of sp³-hybridized carbons (Fsp3) is 0.0769. The van der Waals surface area contributed by atoms with Crippen molar-refractivity contribution >= 4 is 46.4 Å². The molecule has 1 aromatic heterocycles. The summed E-state index contributed by atoms with van der Waals surface area (Å²) in [5.41, 5.74) is 1.79. The van der Waals surface area contributed by atoms with Gasteiger partial charge in [0.25, 0.3) is 0 Å². The first-order chi connectivity index (χ1) is 9.06. The minimum Gasteiger partial charge on any atom is -0.263 e. The summed E-state index contributed by atoms with van der Waals surface area (Å²) in [6, 6.07) is 5.31. The molecule has 0 aliphatic heterocycles. The van der Waals surface area contributed by atoms with E-state index < -0.39 is 0 Å². The molecular formula is C13H6Cl4N2. The predicted octanol–water partition coefficient (Wildman–Crippen LogP) is 5.43. The zero-order chi connectivity index (χ0) is 14.0. The van der Waals surface area contributed by atoms with E-state index in [1.165, 1.54) is 6.20 Å². The molecule has 0 unspecified atom stereocenters. The summed E-state index contributed by atoms with van der Waals surface area (Å²) in [4.78, 5) is 4.01. The number of pyridine rings is 1. The van der Waals surface area contributed by atoms with Gasteiger partial charge < -0.3 is 0 Å². The lowest BCUT2D eigenvalue weighted by Crippen LogP contribution is -1.94. The van der Waals surface area contributed by atoms with Crippen molar-refractivity contribution in [2.24, 2.45) is 0 Å². The molecule has 6 heteroatoms. The zero-order valence-electron chi connectivity index (χ0n) is 9.42. The highest BCUT2D eigenvalue weighted by Gasteiger charge is 2.17. The molecule has 0 atom stereocenters. The van der Waals surface area contributed by atoms with Gasteiger partial charge in [-0.2, -0.15) is 5.26 Å². The second kappa shape index (κ2) is 5.98. The van der Waals surface area contributed by atoms with Crippen molar-refractivity contribution in [1.82, 2.24) is 4.98 Å². The molecule has 0 amide bonds. The molecule has 0 bridgehead atoms. The normalized spacial score (nSPS) is 10.3. The van der Waals surface area contributed by atoms with Crippen LogP contribution in [0.3, 0.4) is 0 Å². The second-order valence-corrected chi connectivity index (χ2v) is 5.30. The van der Waals surface area contributed by atoms with Crippen LogP contribution in [0.5, 0.6) is 0 Å². The third-order valence-corrected chi connectivity index (χ3v) is 4.02. The number of nitriles is 1. The van der Waals surface area contributed by atoms with E-state index in [9.17, 15) is 0 Å². The Kier molecular flexibility index (Phi) is 4.54. The summed E-state index contributed by atoms with van der Waals surface area (Å²) in [6.07, 6.45) is 3.18. The number of benzene rings is 1. The average Bonchev–Trinajstić information content (AvgIpc) is 2.38. The molecule has 96 valence electrons. The van der Waals surface area contributed by atoms with Crippen molar-refractivity contribution in [3.8, 4) is 17.2 Å². The molecule has 0 fully saturated rings. The van der Waals surface area contributed by atoms with Gasteiger partial charge in [-0.05, 0) is 17.7 Å². The fourth-order valence-corrected chi connectivity index (χ4v) is 2.67. The molecule has 2 nitrogen and oxygen atoms in total. The Bertz CT molecular complexity index is 677. The maximum absolute atomic E-state index is 8.89. The summed E-state index contributed by atoms with van der Waals surface area (Å²) in [7, 11) is 0. The highest BCUT2D eigenvalue weighted by molar-refractivity contribution is 6.46. The molecule has 0 spiro atoms. The van der Waals surface area contributed by atoms with Crippen LogP contribution in [0.25, 0.3) is 11.1 Å². The number of nitrogens with zero attached hydrogens (tertiary/aromatic N) is 2. The number of hydrogen-bond acceptors (Lipinski definition) is 2. The molecule has 0 radical (unpaired) electrons. The van der Waals surface area contributed by atoms with Crippen LogP contribution in [0.2, 0.25) is 20.1 Å². The van der Waals surface area contributed by atoms with Gasteiger partial charge in [-0.15, -0.1) is 0 Å². The maximum Gasteiger partial charge on any atom is 0.0686 e. The average molecular weight is 332 g/mol. The van der Waals surface area contributed by atoms with E-state index in [1.807, 2.05) is 0 Å². The minimum absolute atomic E-state index is 0.135. The van der Waals surface area contributed by atoms with Crippen LogP contribution in [0.1, 0.15) is 5.56 Å². The van der Waals surface area contributed by atoms with E-state index in [0.717, 1.165) is 0 Å². The Hall–Kier alpha value is -0.980. The third kappa shape index (κ3) is 2.80. The SMILES string of the molecule is N#CCc1c(Cl)cncc1-c1c(Cl)ccc(Cl)c1Cl. The van der Waals surface area contributed by atoms with Gasteiger partial charge in [0, 0.05) is 23.5 Å². The lowest BCUT2D eigenvalue weighted by molar-refractivity contribution is 1.21. The number of hydrogen-bond donors (Lipinski definition) is 0. The lowest BCUT2D eigenvalue weighted by atomic mass is 10.00. The van der Waals surface area contributed by atoms with Gasteiger partial charge in [0.2, 0.25) is 0 Å². The molecule has 1 heterocycles. The number of aromatic nitrogens is 1. The summed E-state index contributed by atoms with van der Waals surface area (Å²) in [6.45, 7) is 0. The minimum atomic E-state index is 0.135. The van der Waals surface area contributed by atoms with Crippen molar-refractivity contribution in [2.75, 3.05) is 0 Å². The quantitative estimate of drug-likeness (QED) is 0.688. The lowest BCUT2D eigenvalue weighted by Gasteiger charge is -2.12. The molecular weight excluding hydrogens is 326 g/mol. The number of rotatable bonds is 2. The Morgan fingerprint density at radius 2 is 1.68 bits per heavy atom. The van der Waals surface area contributed by atoms with Crippen molar-refractivity contribution in [1.29, 1.82) is 5.26 Å². The Morgan fingerprint density at radius 1 is 1.00 bits per heavy atom.